The summed E-state index contributed by atoms with van der Waals surface area (Å²) >= 11 is 11.9. The molecule has 0 aliphatic heterocycles. The minimum absolute atomic E-state index is 0.225. The monoisotopic (exact) mass is 287 g/mol. The zero-order chi connectivity index (χ0) is 13.3. The third kappa shape index (κ3) is 3.24. The highest BCUT2D eigenvalue weighted by molar-refractivity contribution is 6.42. The van der Waals surface area contributed by atoms with E-state index in [0.29, 0.717) is 33.3 Å². The predicted molar refractivity (Wildman–Crippen MR) is 77.5 cm³/mol. The lowest BCUT2D eigenvalue weighted by Gasteiger charge is -2.32. The fourth-order valence-electron chi connectivity index (χ4n) is 2.79. The van der Waals surface area contributed by atoms with Crippen LogP contribution in [0.3, 0.4) is 0 Å². The third-order valence-electron chi connectivity index (χ3n) is 3.48. The molecular formula is C14H19Cl2NO. The molecule has 0 heterocycles. The van der Waals surface area contributed by atoms with Gasteiger partial charge in [0.2, 0.25) is 0 Å². The number of halogens is 2. The van der Waals surface area contributed by atoms with Crippen molar-refractivity contribution in [3.8, 4) is 5.75 Å². The summed E-state index contributed by atoms with van der Waals surface area (Å²) in [4.78, 5) is 0. The molecule has 2 N–H and O–H groups in total. The van der Waals surface area contributed by atoms with E-state index in [1.54, 1.807) is 12.1 Å². The van der Waals surface area contributed by atoms with E-state index in [1.807, 2.05) is 0 Å². The molecule has 0 radical (unpaired) electrons. The van der Waals surface area contributed by atoms with Gasteiger partial charge in [0.05, 0.1) is 21.8 Å². The summed E-state index contributed by atoms with van der Waals surface area (Å²) in [6.45, 7) is 4.54. The minimum Gasteiger partial charge on any atom is -0.488 e. The van der Waals surface area contributed by atoms with E-state index in [4.69, 9.17) is 33.7 Å². The molecule has 2 atom stereocenters. The van der Waals surface area contributed by atoms with Crippen molar-refractivity contribution in [2.45, 2.75) is 39.2 Å². The van der Waals surface area contributed by atoms with Crippen molar-refractivity contribution >= 4 is 28.9 Å². The molecular weight excluding hydrogens is 269 g/mol. The van der Waals surface area contributed by atoms with E-state index >= 15 is 0 Å². The number of anilines is 1. The van der Waals surface area contributed by atoms with Gasteiger partial charge in [0, 0.05) is 6.07 Å². The quantitative estimate of drug-likeness (QED) is 0.795. The molecule has 0 spiro atoms. The summed E-state index contributed by atoms with van der Waals surface area (Å²) in [5.41, 5.74) is 6.46. The maximum absolute atomic E-state index is 5.99. The standard InChI is InChI=1S/C14H19Cl2NO/c1-8-3-9(2)5-10(4-8)18-14-7-12(16)11(15)6-13(14)17/h6-10H,3-5,17H2,1-2H3. The maximum Gasteiger partial charge on any atom is 0.144 e. The van der Waals surface area contributed by atoms with Gasteiger partial charge in [-0.2, -0.15) is 0 Å². The zero-order valence-electron chi connectivity index (χ0n) is 10.7. The molecule has 4 heteroatoms. The molecule has 1 aromatic rings. The number of ether oxygens (including phenoxy) is 1. The van der Waals surface area contributed by atoms with Gasteiger partial charge in [-0.25, -0.2) is 0 Å². The van der Waals surface area contributed by atoms with E-state index in [1.165, 1.54) is 6.42 Å². The molecule has 0 saturated heterocycles. The minimum atomic E-state index is 0.225. The van der Waals surface area contributed by atoms with Gasteiger partial charge in [0.1, 0.15) is 5.75 Å². The lowest BCUT2D eigenvalue weighted by molar-refractivity contribution is 0.102. The van der Waals surface area contributed by atoms with Crippen molar-refractivity contribution in [3.05, 3.63) is 22.2 Å². The molecule has 2 rings (SSSR count). The number of benzene rings is 1. The van der Waals surface area contributed by atoms with Crippen LogP contribution in [-0.2, 0) is 0 Å². The first-order valence-corrected chi connectivity index (χ1v) is 7.12. The Morgan fingerprint density at radius 1 is 1.06 bits per heavy atom. The Hall–Kier alpha value is -0.600. The predicted octanol–water partition coefficient (Wildman–Crippen LogP) is 4.78. The summed E-state index contributed by atoms with van der Waals surface area (Å²) in [6.07, 6.45) is 3.65. The number of rotatable bonds is 2. The Morgan fingerprint density at radius 3 is 2.22 bits per heavy atom. The number of nitrogen functional groups attached to an aromatic ring is 1. The Kier molecular flexibility index (Phi) is 4.29. The van der Waals surface area contributed by atoms with Crippen LogP contribution in [0.15, 0.2) is 12.1 Å². The van der Waals surface area contributed by atoms with Crippen LogP contribution in [0.25, 0.3) is 0 Å². The van der Waals surface area contributed by atoms with Crippen LogP contribution in [0.1, 0.15) is 33.1 Å². The van der Waals surface area contributed by atoms with Gasteiger partial charge in [-0.3, -0.25) is 0 Å². The second-order valence-corrected chi connectivity index (χ2v) is 6.28. The average Bonchev–Trinajstić information content (AvgIpc) is 2.24. The van der Waals surface area contributed by atoms with Gasteiger partial charge < -0.3 is 10.5 Å². The van der Waals surface area contributed by atoms with Crippen LogP contribution in [0, 0.1) is 11.8 Å². The van der Waals surface area contributed by atoms with Crippen LogP contribution in [0.5, 0.6) is 5.75 Å². The third-order valence-corrected chi connectivity index (χ3v) is 4.20. The fourth-order valence-corrected chi connectivity index (χ4v) is 3.12. The van der Waals surface area contributed by atoms with E-state index in [9.17, 15) is 0 Å². The normalized spacial score (nSPS) is 28.1. The summed E-state index contributed by atoms with van der Waals surface area (Å²) in [5.74, 6) is 2.04. The number of hydrogen-bond acceptors (Lipinski definition) is 2. The SMILES string of the molecule is CC1CC(C)CC(Oc2cc(Cl)c(Cl)cc2N)C1. The van der Waals surface area contributed by atoms with E-state index in [0.717, 1.165) is 12.8 Å². The molecule has 2 unspecified atom stereocenters. The first-order chi connectivity index (χ1) is 8.45. The number of hydrogen-bond donors (Lipinski definition) is 1. The zero-order valence-corrected chi connectivity index (χ0v) is 12.3. The molecule has 0 aromatic heterocycles. The summed E-state index contributed by atoms with van der Waals surface area (Å²) < 4.78 is 5.99. The highest BCUT2D eigenvalue weighted by atomic mass is 35.5. The molecule has 1 aliphatic carbocycles. The van der Waals surface area contributed by atoms with Gasteiger partial charge in [0.15, 0.2) is 0 Å². The van der Waals surface area contributed by atoms with Crippen molar-refractivity contribution in [3.63, 3.8) is 0 Å². The number of nitrogens with two attached hydrogens (primary N) is 1. The van der Waals surface area contributed by atoms with E-state index in [2.05, 4.69) is 13.8 Å². The van der Waals surface area contributed by atoms with Gasteiger partial charge in [-0.15, -0.1) is 0 Å². The van der Waals surface area contributed by atoms with Gasteiger partial charge >= 0.3 is 0 Å². The summed E-state index contributed by atoms with van der Waals surface area (Å²) in [7, 11) is 0. The van der Waals surface area contributed by atoms with Gasteiger partial charge in [-0.05, 0) is 37.2 Å². The lowest BCUT2D eigenvalue weighted by Crippen LogP contribution is -2.28. The van der Waals surface area contributed by atoms with Crippen molar-refractivity contribution in [1.82, 2.24) is 0 Å². The maximum atomic E-state index is 5.99. The van der Waals surface area contributed by atoms with Crippen LogP contribution in [0.2, 0.25) is 10.0 Å². The fraction of sp³-hybridized carbons (Fsp3) is 0.571. The largest absolute Gasteiger partial charge is 0.488 e. The first kappa shape index (κ1) is 13.8. The Labute approximate surface area is 118 Å². The first-order valence-electron chi connectivity index (χ1n) is 6.37. The highest BCUT2D eigenvalue weighted by Crippen LogP contribution is 2.36. The van der Waals surface area contributed by atoms with Crippen molar-refractivity contribution < 1.29 is 4.74 Å². The molecule has 100 valence electrons. The Morgan fingerprint density at radius 2 is 1.61 bits per heavy atom. The molecule has 0 amide bonds. The van der Waals surface area contributed by atoms with Crippen LogP contribution < -0.4 is 10.5 Å². The lowest BCUT2D eigenvalue weighted by atomic mass is 9.82. The second kappa shape index (κ2) is 5.58. The second-order valence-electron chi connectivity index (χ2n) is 5.46. The molecule has 18 heavy (non-hydrogen) atoms. The molecule has 2 nitrogen and oxygen atoms in total. The molecule has 1 saturated carbocycles. The molecule has 1 aromatic carbocycles. The molecule has 0 bridgehead atoms. The van der Waals surface area contributed by atoms with Gasteiger partial charge in [0.25, 0.3) is 0 Å². The van der Waals surface area contributed by atoms with E-state index in [-0.39, 0.29) is 6.10 Å². The van der Waals surface area contributed by atoms with Crippen LogP contribution >= 0.6 is 23.2 Å². The smallest absolute Gasteiger partial charge is 0.144 e. The van der Waals surface area contributed by atoms with Crippen molar-refractivity contribution in [1.29, 1.82) is 0 Å². The highest BCUT2D eigenvalue weighted by Gasteiger charge is 2.25. The summed E-state index contributed by atoms with van der Waals surface area (Å²) in [6, 6.07) is 3.36. The Bertz CT molecular complexity index is 426. The van der Waals surface area contributed by atoms with Crippen molar-refractivity contribution in [2.75, 3.05) is 5.73 Å². The average molecular weight is 288 g/mol. The van der Waals surface area contributed by atoms with E-state index < -0.39 is 0 Å². The van der Waals surface area contributed by atoms with Gasteiger partial charge in [-0.1, -0.05) is 37.0 Å². The van der Waals surface area contributed by atoms with Crippen molar-refractivity contribution in [2.24, 2.45) is 11.8 Å². The molecule has 1 aliphatic rings. The summed E-state index contributed by atoms with van der Waals surface area (Å²) in [5, 5.41) is 0.949. The topological polar surface area (TPSA) is 35.2 Å². The Balaban J connectivity index is 2.11. The molecule has 1 fully saturated rings. The van der Waals surface area contributed by atoms with Crippen LogP contribution in [0.4, 0.5) is 5.69 Å². The van der Waals surface area contributed by atoms with Crippen LogP contribution in [-0.4, -0.2) is 6.10 Å².